The van der Waals surface area contributed by atoms with E-state index in [-0.39, 0.29) is 23.6 Å². The van der Waals surface area contributed by atoms with Crippen molar-refractivity contribution in [3.05, 3.63) is 41.1 Å². The van der Waals surface area contributed by atoms with Gasteiger partial charge in [0.1, 0.15) is 17.8 Å². The molecule has 2 aliphatic rings. The molecule has 2 atom stereocenters. The standard InChI is InChI=1S/C21H25N3O3/c1-12(2)5-8-16-15(14-7-6-13(25)10-17(14)22-16)11-18-21(27)24-9-3-4-19(24)20(26)23-18/h5-7,10,18-19,22,25H,3-4,8-9,11H2,1-2H3,(H,23,26). The third-order valence-corrected chi connectivity index (χ3v) is 5.55. The molecule has 2 saturated heterocycles. The van der Waals surface area contributed by atoms with Gasteiger partial charge in [0.15, 0.2) is 0 Å². The number of allylic oxidation sites excluding steroid dienone is 2. The third-order valence-electron chi connectivity index (χ3n) is 5.55. The van der Waals surface area contributed by atoms with Crippen LogP contribution in [0, 0.1) is 0 Å². The molecule has 2 unspecified atom stereocenters. The van der Waals surface area contributed by atoms with Gasteiger partial charge in [-0.2, -0.15) is 0 Å². The van der Waals surface area contributed by atoms with Gasteiger partial charge in [0.25, 0.3) is 0 Å². The van der Waals surface area contributed by atoms with Gasteiger partial charge in [-0.25, -0.2) is 0 Å². The lowest BCUT2D eigenvalue weighted by Crippen LogP contribution is -2.61. The van der Waals surface area contributed by atoms with Gasteiger partial charge in [-0.1, -0.05) is 11.6 Å². The summed E-state index contributed by atoms with van der Waals surface area (Å²) in [5.41, 5.74) is 4.10. The van der Waals surface area contributed by atoms with E-state index in [1.165, 1.54) is 5.57 Å². The topological polar surface area (TPSA) is 85.4 Å². The van der Waals surface area contributed by atoms with Crippen LogP contribution < -0.4 is 5.32 Å². The Bertz CT molecular complexity index is 940. The number of benzene rings is 1. The number of amides is 2. The fourth-order valence-electron chi connectivity index (χ4n) is 4.19. The number of phenolic OH excluding ortho intramolecular Hbond substituents is 1. The van der Waals surface area contributed by atoms with Crippen molar-refractivity contribution < 1.29 is 14.7 Å². The SMILES string of the molecule is CC(C)=CCc1[nH]c2cc(O)ccc2c1CC1NC(=O)C2CCCN2C1=O. The zero-order valence-electron chi connectivity index (χ0n) is 15.7. The number of aromatic amines is 1. The number of phenols is 1. The first kappa shape index (κ1) is 17.6. The first-order valence-corrected chi connectivity index (χ1v) is 9.50. The highest BCUT2D eigenvalue weighted by Gasteiger charge is 2.43. The van der Waals surface area contributed by atoms with Gasteiger partial charge < -0.3 is 20.3 Å². The third kappa shape index (κ3) is 3.20. The second kappa shape index (κ2) is 6.76. The molecule has 0 radical (unpaired) electrons. The van der Waals surface area contributed by atoms with Crippen molar-refractivity contribution in [2.24, 2.45) is 0 Å². The monoisotopic (exact) mass is 367 g/mol. The summed E-state index contributed by atoms with van der Waals surface area (Å²) in [6, 6.07) is 4.39. The molecule has 6 nitrogen and oxygen atoms in total. The minimum Gasteiger partial charge on any atom is -0.508 e. The van der Waals surface area contributed by atoms with Gasteiger partial charge in [0.05, 0.1) is 0 Å². The predicted molar refractivity (Wildman–Crippen MR) is 103 cm³/mol. The van der Waals surface area contributed by atoms with Crippen LogP contribution in [0.3, 0.4) is 0 Å². The Kier molecular flexibility index (Phi) is 4.42. The molecule has 1 aromatic carbocycles. The van der Waals surface area contributed by atoms with E-state index >= 15 is 0 Å². The Morgan fingerprint density at radius 3 is 2.93 bits per heavy atom. The molecule has 3 heterocycles. The van der Waals surface area contributed by atoms with Crippen molar-refractivity contribution in [3.8, 4) is 5.75 Å². The summed E-state index contributed by atoms with van der Waals surface area (Å²) in [7, 11) is 0. The molecule has 4 rings (SSSR count). The van der Waals surface area contributed by atoms with Crippen LogP contribution in [0.4, 0.5) is 0 Å². The number of hydrogen-bond donors (Lipinski definition) is 3. The van der Waals surface area contributed by atoms with Crippen LogP contribution in [-0.2, 0) is 22.4 Å². The number of nitrogens with one attached hydrogen (secondary N) is 2. The van der Waals surface area contributed by atoms with Crippen LogP contribution >= 0.6 is 0 Å². The second-order valence-electron chi connectivity index (χ2n) is 7.75. The largest absolute Gasteiger partial charge is 0.508 e. The van der Waals surface area contributed by atoms with Crippen molar-refractivity contribution in [2.45, 2.75) is 51.6 Å². The minimum absolute atomic E-state index is 0.0124. The number of aromatic hydroxyl groups is 1. The lowest BCUT2D eigenvalue weighted by Gasteiger charge is -2.34. The van der Waals surface area contributed by atoms with Crippen molar-refractivity contribution >= 4 is 22.7 Å². The van der Waals surface area contributed by atoms with E-state index in [1.807, 2.05) is 19.9 Å². The lowest BCUT2D eigenvalue weighted by atomic mass is 9.97. The molecule has 2 amide bonds. The van der Waals surface area contributed by atoms with Crippen LogP contribution in [0.2, 0.25) is 0 Å². The summed E-state index contributed by atoms with van der Waals surface area (Å²) in [6.07, 6.45) is 4.93. The maximum atomic E-state index is 12.9. The number of hydrogen-bond acceptors (Lipinski definition) is 3. The van der Waals surface area contributed by atoms with E-state index in [4.69, 9.17) is 0 Å². The number of piperazine rings is 1. The van der Waals surface area contributed by atoms with Gasteiger partial charge in [0.2, 0.25) is 11.8 Å². The van der Waals surface area contributed by atoms with Crippen LogP contribution in [0.1, 0.15) is 37.9 Å². The first-order chi connectivity index (χ1) is 12.9. The fraction of sp³-hybridized carbons (Fsp3) is 0.429. The number of rotatable bonds is 4. The van der Waals surface area contributed by atoms with Gasteiger partial charge in [0, 0.05) is 42.0 Å². The molecule has 0 spiro atoms. The van der Waals surface area contributed by atoms with E-state index in [2.05, 4.69) is 16.4 Å². The van der Waals surface area contributed by atoms with E-state index in [1.54, 1.807) is 17.0 Å². The molecular formula is C21H25N3O3. The van der Waals surface area contributed by atoms with Crippen LogP contribution in [-0.4, -0.2) is 45.4 Å². The van der Waals surface area contributed by atoms with Crippen molar-refractivity contribution in [1.29, 1.82) is 0 Å². The summed E-state index contributed by atoms with van der Waals surface area (Å²) >= 11 is 0. The quantitative estimate of drug-likeness (QED) is 0.726. The average molecular weight is 367 g/mol. The molecule has 0 saturated carbocycles. The Balaban J connectivity index is 1.69. The minimum atomic E-state index is -0.537. The van der Waals surface area contributed by atoms with Crippen molar-refractivity contribution in [1.82, 2.24) is 15.2 Å². The Hall–Kier alpha value is -2.76. The number of fused-ring (bicyclic) bond motifs is 2. The normalized spacial score (nSPS) is 22.1. The summed E-state index contributed by atoms with van der Waals surface area (Å²) in [5.74, 6) is 0.171. The first-order valence-electron chi connectivity index (χ1n) is 9.50. The predicted octanol–water partition coefficient (Wildman–Crippen LogP) is 2.41. The van der Waals surface area contributed by atoms with Crippen LogP contribution in [0.25, 0.3) is 10.9 Å². The lowest BCUT2D eigenvalue weighted by molar-refractivity contribution is -0.146. The summed E-state index contributed by atoms with van der Waals surface area (Å²) in [4.78, 5) is 30.4. The van der Waals surface area contributed by atoms with E-state index in [0.717, 1.165) is 35.0 Å². The van der Waals surface area contributed by atoms with Crippen LogP contribution in [0.15, 0.2) is 29.8 Å². The van der Waals surface area contributed by atoms with Crippen LogP contribution in [0.5, 0.6) is 5.75 Å². The Morgan fingerprint density at radius 1 is 1.33 bits per heavy atom. The second-order valence-corrected chi connectivity index (χ2v) is 7.75. The number of carbonyl (C=O) groups is 2. The average Bonchev–Trinajstić information content (AvgIpc) is 3.23. The molecule has 3 N–H and O–H groups in total. The van der Waals surface area contributed by atoms with Crippen molar-refractivity contribution in [3.63, 3.8) is 0 Å². The Labute approximate surface area is 158 Å². The smallest absolute Gasteiger partial charge is 0.246 e. The molecule has 2 fully saturated rings. The molecule has 6 heteroatoms. The van der Waals surface area contributed by atoms with Crippen molar-refractivity contribution in [2.75, 3.05) is 6.54 Å². The van der Waals surface area contributed by atoms with E-state index < -0.39 is 6.04 Å². The number of aromatic nitrogens is 1. The highest BCUT2D eigenvalue weighted by atomic mass is 16.3. The molecule has 1 aromatic heterocycles. The molecule has 2 aromatic rings. The molecule has 2 aliphatic heterocycles. The Morgan fingerprint density at radius 2 is 2.15 bits per heavy atom. The molecule has 27 heavy (non-hydrogen) atoms. The highest BCUT2D eigenvalue weighted by Crippen LogP contribution is 2.30. The zero-order valence-corrected chi connectivity index (χ0v) is 15.7. The zero-order chi connectivity index (χ0) is 19.1. The number of carbonyl (C=O) groups excluding carboxylic acids is 2. The maximum absolute atomic E-state index is 12.9. The maximum Gasteiger partial charge on any atom is 0.246 e. The molecule has 0 bridgehead atoms. The summed E-state index contributed by atoms with van der Waals surface area (Å²) < 4.78 is 0. The molecule has 142 valence electrons. The van der Waals surface area contributed by atoms with E-state index in [0.29, 0.717) is 19.4 Å². The number of nitrogens with zero attached hydrogens (tertiary/aromatic N) is 1. The molecular weight excluding hydrogens is 342 g/mol. The highest BCUT2D eigenvalue weighted by molar-refractivity contribution is 5.98. The van der Waals surface area contributed by atoms with Gasteiger partial charge in [-0.3, -0.25) is 9.59 Å². The number of H-pyrrole nitrogens is 1. The molecule has 0 aliphatic carbocycles. The van der Waals surface area contributed by atoms with Gasteiger partial charge in [-0.15, -0.1) is 0 Å². The van der Waals surface area contributed by atoms with Gasteiger partial charge in [-0.05, 0) is 44.4 Å². The summed E-state index contributed by atoms with van der Waals surface area (Å²) in [5, 5.41) is 13.7. The summed E-state index contributed by atoms with van der Waals surface area (Å²) in [6.45, 7) is 4.76. The fourth-order valence-corrected chi connectivity index (χ4v) is 4.19. The van der Waals surface area contributed by atoms with E-state index in [9.17, 15) is 14.7 Å². The van der Waals surface area contributed by atoms with Gasteiger partial charge >= 0.3 is 0 Å².